The molecule has 4 aromatic rings. The third kappa shape index (κ3) is 2.92. The van der Waals surface area contributed by atoms with Crippen molar-refractivity contribution >= 4 is 11.9 Å². The summed E-state index contributed by atoms with van der Waals surface area (Å²) in [6, 6.07) is 11.0. The Hall–Kier alpha value is -3.68. The lowest BCUT2D eigenvalue weighted by Crippen LogP contribution is -2.14. The second kappa shape index (κ2) is 6.08. The van der Waals surface area contributed by atoms with Crippen LogP contribution in [-0.2, 0) is 0 Å². The zero-order valence-corrected chi connectivity index (χ0v) is 13.2. The fraction of sp³-hybridized carbons (Fsp3) is 0.0588. The number of carbonyl (C=O) groups excluding carboxylic acids is 1. The van der Waals surface area contributed by atoms with Gasteiger partial charge in [-0.3, -0.25) is 15.2 Å². The van der Waals surface area contributed by atoms with Gasteiger partial charge in [-0.1, -0.05) is 30.3 Å². The number of oxazole rings is 1. The molecule has 0 aliphatic rings. The van der Waals surface area contributed by atoms with E-state index < -0.39 is 5.91 Å². The van der Waals surface area contributed by atoms with Crippen LogP contribution in [0.1, 0.15) is 16.4 Å². The Morgan fingerprint density at radius 3 is 2.72 bits per heavy atom. The van der Waals surface area contributed by atoms with Crippen LogP contribution < -0.4 is 5.32 Å². The Kier molecular flexibility index (Phi) is 3.62. The lowest BCUT2D eigenvalue weighted by atomic mass is 10.1. The van der Waals surface area contributed by atoms with Gasteiger partial charge >= 0.3 is 0 Å². The van der Waals surface area contributed by atoms with Gasteiger partial charge in [-0.25, -0.2) is 4.98 Å². The summed E-state index contributed by atoms with van der Waals surface area (Å²) in [6.45, 7) is 1.69. The van der Waals surface area contributed by atoms with Gasteiger partial charge in [0, 0.05) is 12.5 Å². The fourth-order valence-electron chi connectivity index (χ4n) is 2.37. The minimum absolute atomic E-state index is 0.140. The third-order valence-corrected chi connectivity index (χ3v) is 3.49. The van der Waals surface area contributed by atoms with Crippen LogP contribution in [0.15, 0.2) is 57.8 Å². The molecule has 1 aromatic carbocycles. The van der Waals surface area contributed by atoms with Crippen LogP contribution in [0.2, 0.25) is 0 Å². The maximum absolute atomic E-state index is 12.6. The van der Waals surface area contributed by atoms with E-state index in [1.807, 2.05) is 30.3 Å². The molecule has 0 bridgehead atoms. The van der Waals surface area contributed by atoms with E-state index in [4.69, 9.17) is 8.83 Å². The van der Waals surface area contributed by atoms with Crippen LogP contribution in [0.3, 0.4) is 0 Å². The molecule has 0 atom stereocenters. The number of aromatic amines is 1. The minimum Gasteiger partial charge on any atom is -0.472 e. The van der Waals surface area contributed by atoms with Crippen molar-refractivity contribution in [1.29, 1.82) is 0 Å². The second-order valence-corrected chi connectivity index (χ2v) is 5.25. The molecule has 4 rings (SSSR count). The van der Waals surface area contributed by atoms with Crippen molar-refractivity contribution in [3.63, 3.8) is 0 Å². The van der Waals surface area contributed by atoms with Crippen molar-refractivity contribution in [3.05, 3.63) is 60.5 Å². The second-order valence-electron chi connectivity index (χ2n) is 5.25. The van der Waals surface area contributed by atoms with Crippen LogP contribution >= 0.6 is 0 Å². The molecule has 25 heavy (non-hydrogen) atoms. The molecule has 3 heterocycles. The maximum Gasteiger partial charge on any atom is 0.280 e. The number of H-pyrrole nitrogens is 1. The van der Waals surface area contributed by atoms with Crippen molar-refractivity contribution in [2.24, 2.45) is 0 Å². The number of hydrogen-bond donors (Lipinski definition) is 2. The van der Waals surface area contributed by atoms with Gasteiger partial charge in [0.25, 0.3) is 5.91 Å². The molecule has 0 saturated heterocycles. The summed E-state index contributed by atoms with van der Waals surface area (Å²) in [5.74, 6) is 0.984. The van der Waals surface area contributed by atoms with E-state index in [2.05, 4.69) is 25.5 Å². The Bertz CT molecular complexity index is 1000. The highest BCUT2D eigenvalue weighted by atomic mass is 16.4. The molecule has 124 valence electrons. The third-order valence-electron chi connectivity index (χ3n) is 3.49. The molecule has 0 saturated carbocycles. The largest absolute Gasteiger partial charge is 0.472 e. The summed E-state index contributed by atoms with van der Waals surface area (Å²) in [5.41, 5.74) is 1.68. The highest BCUT2D eigenvalue weighted by Gasteiger charge is 2.21. The number of amides is 1. The number of nitrogens with one attached hydrogen (secondary N) is 2. The van der Waals surface area contributed by atoms with E-state index in [-0.39, 0.29) is 11.6 Å². The van der Waals surface area contributed by atoms with Crippen LogP contribution in [-0.4, -0.2) is 26.1 Å². The quantitative estimate of drug-likeness (QED) is 0.592. The van der Waals surface area contributed by atoms with Gasteiger partial charge in [0.05, 0.1) is 11.8 Å². The monoisotopic (exact) mass is 335 g/mol. The Labute approximate surface area is 141 Å². The van der Waals surface area contributed by atoms with Crippen LogP contribution in [0.4, 0.5) is 5.95 Å². The molecular weight excluding hydrogens is 322 g/mol. The molecule has 0 aliphatic heterocycles. The average molecular weight is 335 g/mol. The summed E-state index contributed by atoms with van der Waals surface area (Å²) >= 11 is 0. The smallest absolute Gasteiger partial charge is 0.280 e. The first-order valence-electron chi connectivity index (χ1n) is 7.50. The number of aryl methyl sites for hydroxylation is 1. The molecular formula is C17H13N5O3. The van der Waals surface area contributed by atoms with Gasteiger partial charge in [-0.2, -0.15) is 4.98 Å². The average Bonchev–Trinajstić information content (AvgIpc) is 3.35. The number of hydrogen-bond acceptors (Lipinski definition) is 6. The van der Waals surface area contributed by atoms with Crippen molar-refractivity contribution in [1.82, 2.24) is 20.2 Å². The lowest BCUT2D eigenvalue weighted by molar-refractivity contribution is 0.102. The van der Waals surface area contributed by atoms with E-state index in [0.717, 1.165) is 11.1 Å². The van der Waals surface area contributed by atoms with Crippen LogP contribution in [0.5, 0.6) is 0 Å². The number of benzene rings is 1. The molecule has 0 spiro atoms. The minimum atomic E-state index is -0.451. The molecule has 8 nitrogen and oxygen atoms in total. The van der Waals surface area contributed by atoms with Crippen molar-refractivity contribution < 1.29 is 13.6 Å². The van der Waals surface area contributed by atoms with Crippen LogP contribution in [0.25, 0.3) is 22.7 Å². The Balaban J connectivity index is 1.60. The van der Waals surface area contributed by atoms with E-state index in [9.17, 15) is 4.79 Å². The van der Waals surface area contributed by atoms with E-state index in [1.54, 1.807) is 13.0 Å². The maximum atomic E-state index is 12.6. The topological polar surface area (TPSA) is 110 Å². The normalized spacial score (nSPS) is 10.8. The number of carbonyl (C=O) groups is 1. The lowest BCUT2D eigenvalue weighted by Gasteiger charge is -2.00. The summed E-state index contributed by atoms with van der Waals surface area (Å²) in [4.78, 5) is 21.0. The zero-order valence-electron chi connectivity index (χ0n) is 13.2. The molecule has 2 N–H and O–H groups in total. The molecule has 0 radical (unpaired) electrons. The summed E-state index contributed by atoms with van der Waals surface area (Å²) in [6.07, 6.45) is 3.06. The van der Waals surface area contributed by atoms with E-state index >= 15 is 0 Å². The summed E-state index contributed by atoms with van der Waals surface area (Å²) < 4.78 is 10.6. The van der Waals surface area contributed by atoms with Gasteiger partial charge < -0.3 is 8.83 Å². The molecule has 0 unspecified atom stereocenters. The number of rotatable bonds is 4. The summed E-state index contributed by atoms with van der Waals surface area (Å²) in [5, 5.41) is 9.33. The zero-order chi connectivity index (χ0) is 17.2. The van der Waals surface area contributed by atoms with Crippen LogP contribution in [0, 0.1) is 6.92 Å². The molecule has 0 fully saturated rings. The van der Waals surface area contributed by atoms with E-state index in [0.29, 0.717) is 17.5 Å². The van der Waals surface area contributed by atoms with Gasteiger partial charge in [-0.15, -0.1) is 5.10 Å². The van der Waals surface area contributed by atoms with Crippen molar-refractivity contribution in [2.75, 3.05) is 5.32 Å². The predicted molar refractivity (Wildman–Crippen MR) is 88.7 cm³/mol. The highest BCUT2D eigenvalue weighted by molar-refractivity contribution is 6.05. The first-order chi connectivity index (χ1) is 12.2. The molecule has 3 aromatic heterocycles. The van der Waals surface area contributed by atoms with Gasteiger partial charge in [-0.05, 0) is 6.07 Å². The molecule has 0 aliphatic carbocycles. The van der Waals surface area contributed by atoms with E-state index in [1.165, 1.54) is 12.5 Å². The standard InChI is InChI=1S/C17H13N5O3/c1-10-18-13(14(25-10)11-5-3-2-4-6-11)16(23)20-17-19-15(21-22-17)12-7-8-24-9-12/h2-9H,1H3,(H2,19,20,21,22,23). The first kappa shape index (κ1) is 14.9. The summed E-state index contributed by atoms with van der Waals surface area (Å²) in [7, 11) is 0. The number of furan rings is 1. The van der Waals surface area contributed by atoms with Crippen molar-refractivity contribution in [3.8, 4) is 22.7 Å². The predicted octanol–water partition coefficient (Wildman–Crippen LogP) is 3.28. The highest BCUT2D eigenvalue weighted by Crippen LogP contribution is 2.25. The van der Waals surface area contributed by atoms with Crippen molar-refractivity contribution in [2.45, 2.75) is 6.92 Å². The first-order valence-corrected chi connectivity index (χ1v) is 7.50. The SMILES string of the molecule is Cc1nc(C(=O)Nc2n[nH]c(-c3ccoc3)n2)c(-c2ccccc2)o1. The van der Waals surface area contributed by atoms with Gasteiger partial charge in [0.15, 0.2) is 23.2 Å². The molecule has 1 amide bonds. The Morgan fingerprint density at radius 1 is 1.12 bits per heavy atom. The van der Waals surface area contributed by atoms with Gasteiger partial charge in [0.1, 0.15) is 6.26 Å². The van der Waals surface area contributed by atoms with Gasteiger partial charge in [0.2, 0.25) is 5.95 Å². The molecule has 8 heteroatoms. The number of aromatic nitrogens is 4. The number of anilines is 1. The fourth-order valence-corrected chi connectivity index (χ4v) is 2.37. The Morgan fingerprint density at radius 2 is 1.96 bits per heavy atom. The number of nitrogens with zero attached hydrogens (tertiary/aromatic N) is 3.